The summed E-state index contributed by atoms with van der Waals surface area (Å²) in [5.41, 5.74) is 8.11. The molecule has 0 fully saturated rings. The summed E-state index contributed by atoms with van der Waals surface area (Å²) in [4.78, 5) is 3.55. The minimum Gasteiger partial charge on any atom is -0.323 e. The van der Waals surface area contributed by atoms with Crippen molar-refractivity contribution in [3.8, 4) is 0 Å². The second kappa shape index (κ2) is 4.90. The first-order valence-corrected chi connectivity index (χ1v) is 8.44. The van der Waals surface area contributed by atoms with Crippen molar-refractivity contribution >= 4 is 32.4 Å². The van der Waals surface area contributed by atoms with Crippen LogP contribution < -0.4 is 10.0 Å². The number of hydrogen-bond donors (Lipinski definition) is 1. The van der Waals surface area contributed by atoms with Gasteiger partial charge in [-0.25, -0.2) is 17.1 Å². The molecule has 8 heteroatoms. The number of aromatic nitrogens is 1. The molecular weight excluding hydrogens is 313 g/mol. The number of sulfonamides is 1. The number of benzene rings is 1. The molecule has 2 aromatic rings. The van der Waals surface area contributed by atoms with Crippen LogP contribution in [-0.4, -0.2) is 19.4 Å². The van der Waals surface area contributed by atoms with Gasteiger partial charge >= 0.3 is 0 Å². The number of halogens is 1. The predicted octanol–water partition coefficient (Wildman–Crippen LogP) is 2.18. The molecule has 0 spiro atoms. The number of nitrogens with zero attached hydrogens (tertiary/aromatic N) is 2. The SMILES string of the molecule is C[C@H](N)C1=Cc2cccc(F)c2S(=O)(=O)N1c1cncs1. The third-order valence-corrected chi connectivity index (χ3v) is 5.83. The Kier molecular flexibility index (Phi) is 3.31. The minimum absolute atomic E-state index is 0.308. The molecule has 0 saturated heterocycles. The molecule has 0 saturated carbocycles. The number of nitrogens with two attached hydrogens (primary N) is 1. The van der Waals surface area contributed by atoms with E-state index in [9.17, 15) is 12.8 Å². The topological polar surface area (TPSA) is 76.3 Å². The average Bonchev–Trinajstić information content (AvgIpc) is 2.90. The zero-order chi connectivity index (χ0) is 15.2. The second-order valence-electron chi connectivity index (χ2n) is 4.63. The summed E-state index contributed by atoms with van der Waals surface area (Å²) < 4.78 is 40.7. The number of rotatable bonds is 2. The van der Waals surface area contributed by atoms with E-state index in [4.69, 9.17) is 5.73 Å². The summed E-state index contributed by atoms with van der Waals surface area (Å²) in [5.74, 6) is -0.776. The lowest BCUT2D eigenvalue weighted by Crippen LogP contribution is -2.40. The summed E-state index contributed by atoms with van der Waals surface area (Å²) >= 11 is 1.15. The van der Waals surface area contributed by atoms with E-state index in [0.717, 1.165) is 21.7 Å². The van der Waals surface area contributed by atoms with Crippen LogP contribution in [-0.2, 0) is 10.0 Å². The van der Waals surface area contributed by atoms with E-state index >= 15 is 0 Å². The summed E-state index contributed by atoms with van der Waals surface area (Å²) in [6.07, 6.45) is 3.02. The Balaban J connectivity index is 2.34. The molecular formula is C13H12FN3O2S2. The van der Waals surface area contributed by atoms with Crippen molar-refractivity contribution < 1.29 is 12.8 Å². The van der Waals surface area contributed by atoms with Crippen molar-refractivity contribution in [1.82, 2.24) is 4.98 Å². The van der Waals surface area contributed by atoms with Crippen molar-refractivity contribution in [2.75, 3.05) is 4.31 Å². The molecule has 2 heterocycles. The molecule has 110 valence electrons. The van der Waals surface area contributed by atoms with Crippen LogP contribution in [0, 0.1) is 5.82 Å². The summed E-state index contributed by atoms with van der Waals surface area (Å²) in [6, 6.07) is 3.63. The van der Waals surface area contributed by atoms with Crippen LogP contribution in [0.1, 0.15) is 12.5 Å². The van der Waals surface area contributed by atoms with Crippen LogP contribution in [0.25, 0.3) is 6.08 Å². The standard InChI is InChI=1S/C13H12FN3O2S2/c1-8(15)11-5-9-3-2-4-10(14)13(9)21(18,19)17(11)12-6-16-7-20-12/h2-8H,15H2,1H3/t8-/m0/s1. The number of anilines is 1. The van der Waals surface area contributed by atoms with Gasteiger partial charge in [0.1, 0.15) is 15.7 Å². The van der Waals surface area contributed by atoms with Gasteiger partial charge in [0.15, 0.2) is 0 Å². The zero-order valence-electron chi connectivity index (χ0n) is 11.0. The minimum atomic E-state index is -4.05. The first-order chi connectivity index (χ1) is 9.93. The molecule has 0 unspecified atom stereocenters. The van der Waals surface area contributed by atoms with Crippen LogP contribution in [0.3, 0.4) is 0 Å². The Labute approximate surface area is 125 Å². The summed E-state index contributed by atoms with van der Waals surface area (Å²) in [5, 5.41) is 0.382. The van der Waals surface area contributed by atoms with Crippen molar-refractivity contribution in [3.63, 3.8) is 0 Å². The van der Waals surface area contributed by atoms with E-state index in [1.165, 1.54) is 17.8 Å². The highest BCUT2D eigenvalue weighted by Gasteiger charge is 2.37. The van der Waals surface area contributed by atoms with Crippen molar-refractivity contribution in [3.05, 3.63) is 47.0 Å². The van der Waals surface area contributed by atoms with E-state index in [1.54, 1.807) is 19.1 Å². The van der Waals surface area contributed by atoms with Gasteiger partial charge < -0.3 is 5.73 Å². The smallest absolute Gasteiger partial charge is 0.272 e. The van der Waals surface area contributed by atoms with Crippen LogP contribution in [0.4, 0.5) is 9.39 Å². The van der Waals surface area contributed by atoms with E-state index in [2.05, 4.69) is 4.98 Å². The quantitative estimate of drug-likeness (QED) is 0.918. The fourth-order valence-electron chi connectivity index (χ4n) is 2.23. The van der Waals surface area contributed by atoms with Gasteiger partial charge in [-0.2, -0.15) is 0 Å². The van der Waals surface area contributed by atoms with Gasteiger partial charge in [-0.15, -0.1) is 11.3 Å². The maximum atomic E-state index is 14.0. The van der Waals surface area contributed by atoms with Gasteiger partial charge in [-0.3, -0.25) is 4.98 Å². The van der Waals surface area contributed by atoms with E-state index in [1.807, 2.05) is 0 Å². The van der Waals surface area contributed by atoms with Gasteiger partial charge in [0, 0.05) is 6.04 Å². The summed E-state index contributed by atoms with van der Waals surface area (Å²) in [6.45, 7) is 1.68. The van der Waals surface area contributed by atoms with Crippen LogP contribution in [0.15, 0.2) is 40.5 Å². The predicted molar refractivity (Wildman–Crippen MR) is 79.8 cm³/mol. The lowest BCUT2D eigenvalue weighted by Gasteiger charge is -2.31. The Bertz CT molecular complexity index is 814. The second-order valence-corrected chi connectivity index (χ2v) is 7.21. The van der Waals surface area contributed by atoms with Gasteiger partial charge in [0.2, 0.25) is 0 Å². The molecule has 0 amide bonds. The van der Waals surface area contributed by atoms with Gasteiger partial charge in [-0.05, 0) is 24.6 Å². The maximum Gasteiger partial charge on any atom is 0.272 e. The molecule has 1 aromatic carbocycles. The maximum absolute atomic E-state index is 14.0. The van der Waals surface area contributed by atoms with Crippen LogP contribution >= 0.6 is 11.3 Å². The van der Waals surface area contributed by atoms with Gasteiger partial charge in [0.25, 0.3) is 10.0 Å². The summed E-state index contributed by atoms with van der Waals surface area (Å²) in [7, 11) is -4.05. The number of fused-ring (bicyclic) bond motifs is 1. The van der Waals surface area contributed by atoms with E-state index in [-0.39, 0.29) is 4.90 Å². The molecule has 21 heavy (non-hydrogen) atoms. The molecule has 1 atom stereocenters. The molecule has 1 aromatic heterocycles. The fraction of sp³-hybridized carbons (Fsp3) is 0.154. The lowest BCUT2D eigenvalue weighted by molar-refractivity contribution is 0.562. The molecule has 5 nitrogen and oxygen atoms in total. The molecule has 2 N–H and O–H groups in total. The number of hydrogen-bond acceptors (Lipinski definition) is 5. The molecule has 3 rings (SSSR count). The Morgan fingerprint density at radius 1 is 1.43 bits per heavy atom. The first kappa shape index (κ1) is 14.2. The normalized spacial score (nSPS) is 18.0. The largest absolute Gasteiger partial charge is 0.323 e. The molecule has 1 aliphatic rings. The zero-order valence-corrected chi connectivity index (χ0v) is 12.7. The third kappa shape index (κ3) is 2.15. The van der Waals surface area contributed by atoms with E-state index < -0.39 is 21.9 Å². The van der Waals surface area contributed by atoms with Gasteiger partial charge in [0.05, 0.1) is 17.4 Å². The Morgan fingerprint density at radius 2 is 2.19 bits per heavy atom. The molecule has 1 aliphatic heterocycles. The monoisotopic (exact) mass is 325 g/mol. The van der Waals surface area contributed by atoms with Gasteiger partial charge in [-0.1, -0.05) is 12.1 Å². The highest BCUT2D eigenvalue weighted by Crippen LogP contribution is 2.38. The Morgan fingerprint density at radius 3 is 2.81 bits per heavy atom. The highest BCUT2D eigenvalue weighted by atomic mass is 32.2. The van der Waals surface area contributed by atoms with Crippen LogP contribution in [0.2, 0.25) is 0 Å². The number of thiazole rings is 1. The third-order valence-electron chi connectivity index (χ3n) is 3.12. The molecule has 0 radical (unpaired) electrons. The fourth-order valence-corrected chi connectivity index (χ4v) is 4.91. The first-order valence-electron chi connectivity index (χ1n) is 6.12. The van der Waals surface area contributed by atoms with Crippen molar-refractivity contribution in [2.45, 2.75) is 17.9 Å². The average molecular weight is 325 g/mol. The molecule has 0 bridgehead atoms. The lowest BCUT2D eigenvalue weighted by atomic mass is 10.1. The Hall–Kier alpha value is -1.77. The van der Waals surface area contributed by atoms with Crippen molar-refractivity contribution in [1.29, 1.82) is 0 Å². The van der Waals surface area contributed by atoms with Crippen molar-refractivity contribution in [2.24, 2.45) is 5.73 Å². The molecule has 0 aliphatic carbocycles. The van der Waals surface area contributed by atoms with Crippen LogP contribution in [0.5, 0.6) is 0 Å². The highest BCUT2D eigenvalue weighted by molar-refractivity contribution is 7.93. The van der Waals surface area contributed by atoms with E-state index in [0.29, 0.717) is 16.3 Å².